The highest BCUT2D eigenvalue weighted by molar-refractivity contribution is 5.94. The zero-order chi connectivity index (χ0) is 17.9. The molecule has 0 fully saturated rings. The molecule has 2 aromatic rings. The Bertz CT molecular complexity index is 745. The average molecular weight is 345 g/mol. The number of alkyl halides is 3. The molecule has 0 spiro atoms. The Morgan fingerprint density at radius 2 is 1.83 bits per heavy atom. The van der Waals surface area contributed by atoms with Gasteiger partial charge >= 0.3 is 6.18 Å². The molecular formula is C16H12F5NO2. The second-order valence-electron chi connectivity index (χ2n) is 4.97. The number of benzene rings is 2. The zero-order valence-electron chi connectivity index (χ0n) is 12.1. The van der Waals surface area contributed by atoms with Crippen molar-refractivity contribution in [2.45, 2.75) is 12.3 Å². The normalized spacial score (nSPS) is 12.8. The Balaban J connectivity index is 2.05. The molecule has 2 aromatic carbocycles. The van der Waals surface area contributed by atoms with Crippen molar-refractivity contribution in [3.05, 3.63) is 70.8 Å². The van der Waals surface area contributed by atoms with Gasteiger partial charge < -0.3 is 10.4 Å². The number of halogens is 5. The molecule has 0 aliphatic rings. The molecule has 0 saturated carbocycles. The van der Waals surface area contributed by atoms with Crippen LogP contribution in [-0.4, -0.2) is 17.6 Å². The van der Waals surface area contributed by atoms with E-state index in [2.05, 4.69) is 5.32 Å². The van der Waals surface area contributed by atoms with Gasteiger partial charge in [-0.05, 0) is 29.8 Å². The molecule has 0 aliphatic carbocycles. The Morgan fingerprint density at radius 3 is 2.46 bits per heavy atom. The maximum Gasteiger partial charge on any atom is 0.416 e. The van der Waals surface area contributed by atoms with E-state index in [9.17, 15) is 31.9 Å². The Labute approximate surface area is 133 Å². The molecule has 0 aromatic heterocycles. The fourth-order valence-electron chi connectivity index (χ4n) is 2.00. The van der Waals surface area contributed by atoms with Crippen molar-refractivity contribution in [3.8, 4) is 0 Å². The minimum Gasteiger partial charge on any atom is -0.387 e. The van der Waals surface area contributed by atoms with Crippen LogP contribution in [0.15, 0.2) is 42.5 Å². The number of carbonyl (C=O) groups excluding carboxylic acids is 1. The molecule has 1 atom stereocenters. The zero-order valence-corrected chi connectivity index (χ0v) is 12.1. The van der Waals surface area contributed by atoms with Gasteiger partial charge in [0.05, 0.1) is 17.2 Å². The molecule has 1 unspecified atom stereocenters. The third-order valence-electron chi connectivity index (χ3n) is 3.23. The highest BCUT2D eigenvalue weighted by Crippen LogP contribution is 2.30. The summed E-state index contributed by atoms with van der Waals surface area (Å²) in [4.78, 5) is 11.8. The summed E-state index contributed by atoms with van der Waals surface area (Å²) in [7, 11) is 0. The molecule has 3 nitrogen and oxygen atoms in total. The minimum absolute atomic E-state index is 0.0512. The number of amides is 1. The van der Waals surface area contributed by atoms with Crippen molar-refractivity contribution in [2.75, 3.05) is 6.54 Å². The Kier molecular flexibility index (Phi) is 5.18. The fourth-order valence-corrected chi connectivity index (χ4v) is 2.00. The molecule has 2 N–H and O–H groups in total. The lowest BCUT2D eigenvalue weighted by atomic mass is 10.1. The van der Waals surface area contributed by atoms with Crippen molar-refractivity contribution in [3.63, 3.8) is 0 Å². The fraction of sp³-hybridized carbons (Fsp3) is 0.188. The molecule has 0 saturated heterocycles. The van der Waals surface area contributed by atoms with E-state index in [1.54, 1.807) is 0 Å². The molecular weight excluding hydrogens is 333 g/mol. The van der Waals surface area contributed by atoms with Crippen molar-refractivity contribution < 1.29 is 31.9 Å². The van der Waals surface area contributed by atoms with Gasteiger partial charge in [0.1, 0.15) is 11.6 Å². The summed E-state index contributed by atoms with van der Waals surface area (Å²) in [6.45, 7) is -0.434. The number of aliphatic hydroxyl groups is 1. The molecule has 8 heteroatoms. The third-order valence-corrected chi connectivity index (χ3v) is 3.23. The molecule has 0 aliphatic heterocycles. The number of rotatable bonds is 4. The molecule has 128 valence electrons. The van der Waals surface area contributed by atoms with Gasteiger partial charge in [0, 0.05) is 12.6 Å². The van der Waals surface area contributed by atoms with Crippen LogP contribution in [0.3, 0.4) is 0 Å². The summed E-state index contributed by atoms with van der Waals surface area (Å²) in [6.07, 6.45) is -5.98. The number of hydrogen-bond acceptors (Lipinski definition) is 2. The van der Waals surface area contributed by atoms with Crippen LogP contribution in [-0.2, 0) is 6.18 Å². The van der Waals surface area contributed by atoms with Gasteiger partial charge in [-0.15, -0.1) is 0 Å². The smallest absolute Gasteiger partial charge is 0.387 e. The molecule has 0 heterocycles. The van der Waals surface area contributed by atoms with Crippen LogP contribution < -0.4 is 5.32 Å². The highest BCUT2D eigenvalue weighted by Gasteiger charge is 2.30. The summed E-state index contributed by atoms with van der Waals surface area (Å²) < 4.78 is 64.1. The number of hydrogen-bond donors (Lipinski definition) is 2. The van der Waals surface area contributed by atoms with E-state index in [0.717, 1.165) is 30.3 Å². The number of aliphatic hydroxyl groups excluding tert-OH is 1. The van der Waals surface area contributed by atoms with Crippen LogP contribution >= 0.6 is 0 Å². The highest BCUT2D eigenvalue weighted by atomic mass is 19.4. The molecule has 1 amide bonds. The quantitative estimate of drug-likeness (QED) is 0.834. The topological polar surface area (TPSA) is 49.3 Å². The third kappa shape index (κ3) is 4.29. The summed E-state index contributed by atoms with van der Waals surface area (Å²) in [5.41, 5.74) is -1.42. The van der Waals surface area contributed by atoms with Gasteiger partial charge in [0.2, 0.25) is 0 Å². The van der Waals surface area contributed by atoms with Crippen LogP contribution in [0.25, 0.3) is 0 Å². The van der Waals surface area contributed by atoms with Crippen molar-refractivity contribution in [2.24, 2.45) is 0 Å². The van der Waals surface area contributed by atoms with Gasteiger partial charge in [-0.25, -0.2) is 8.78 Å². The summed E-state index contributed by atoms with van der Waals surface area (Å²) >= 11 is 0. The van der Waals surface area contributed by atoms with E-state index in [-0.39, 0.29) is 5.56 Å². The Morgan fingerprint density at radius 1 is 1.12 bits per heavy atom. The van der Waals surface area contributed by atoms with E-state index < -0.39 is 47.5 Å². The van der Waals surface area contributed by atoms with Gasteiger partial charge in [0.15, 0.2) is 0 Å². The molecule has 24 heavy (non-hydrogen) atoms. The van der Waals surface area contributed by atoms with E-state index in [1.165, 1.54) is 6.07 Å². The maximum atomic E-state index is 13.4. The van der Waals surface area contributed by atoms with E-state index in [4.69, 9.17) is 0 Å². The van der Waals surface area contributed by atoms with E-state index in [1.807, 2.05) is 0 Å². The van der Waals surface area contributed by atoms with Crippen LogP contribution in [0, 0.1) is 11.6 Å². The molecule has 2 rings (SSSR count). The van der Waals surface area contributed by atoms with Crippen molar-refractivity contribution >= 4 is 5.91 Å². The second-order valence-corrected chi connectivity index (χ2v) is 4.97. The molecule has 0 bridgehead atoms. The second kappa shape index (κ2) is 6.96. The lowest BCUT2D eigenvalue weighted by Crippen LogP contribution is -2.29. The predicted octanol–water partition coefficient (Wildman–Crippen LogP) is 3.45. The van der Waals surface area contributed by atoms with Crippen molar-refractivity contribution in [1.82, 2.24) is 5.32 Å². The van der Waals surface area contributed by atoms with Crippen LogP contribution in [0.2, 0.25) is 0 Å². The van der Waals surface area contributed by atoms with Crippen LogP contribution in [0.5, 0.6) is 0 Å². The number of nitrogens with one attached hydrogen (secondary N) is 1. The monoisotopic (exact) mass is 345 g/mol. The number of carbonyl (C=O) groups is 1. The average Bonchev–Trinajstić information content (AvgIpc) is 2.51. The summed E-state index contributed by atoms with van der Waals surface area (Å²) in [5.74, 6) is -2.85. The predicted molar refractivity (Wildman–Crippen MR) is 75.1 cm³/mol. The Hall–Kier alpha value is -2.48. The lowest BCUT2D eigenvalue weighted by Gasteiger charge is -2.14. The SMILES string of the molecule is O=C(NCC(O)c1cccc(C(F)(F)F)c1)c1ccc(F)cc1F. The van der Waals surface area contributed by atoms with Crippen LogP contribution in [0.4, 0.5) is 22.0 Å². The first-order chi connectivity index (χ1) is 11.2. The van der Waals surface area contributed by atoms with E-state index in [0.29, 0.717) is 6.07 Å². The van der Waals surface area contributed by atoms with Gasteiger partial charge in [-0.1, -0.05) is 12.1 Å². The largest absolute Gasteiger partial charge is 0.416 e. The summed E-state index contributed by atoms with van der Waals surface area (Å²) in [5, 5.41) is 12.1. The van der Waals surface area contributed by atoms with Crippen LogP contribution in [0.1, 0.15) is 27.6 Å². The first-order valence-electron chi connectivity index (χ1n) is 6.77. The first kappa shape index (κ1) is 17.9. The van der Waals surface area contributed by atoms with Gasteiger partial charge in [0.25, 0.3) is 5.91 Å². The lowest BCUT2D eigenvalue weighted by molar-refractivity contribution is -0.137. The van der Waals surface area contributed by atoms with Gasteiger partial charge in [-0.3, -0.25) is 4.79 Å². The minimum atomic E-state index is -4.56. The standard InChI is InChI=1S/C16H12F5NO2/c17-11-4-5-12(13(18)7-11)15(24)22-8-14(23)9-2-1-3-10(6-9)16(19,20)21/h1-7,14,23H,8H2,(H,22,24). The van der Waals surface area contributed by atoms with E-state index >= 15 is 0 Å². The molecule has 0 radical (unpaired) electrons. The first-order valence-corrected chi connectivity index (χ1v) is 6.77. The maximum absolute atomic E-state index is 13.4. The van der Waals surface area contributed by atoms with Gasteiger partial charge in [-0.2, -0.15) is 13.2 Å². The summed E-state index contributed by atoms with van der Waals surface area (Å²) in [6, 6.07) is 6.35. The van der Waals surface area contributed by atoms with Crippen molar-refractivity contribution in [1.29, 1.82) is 0 Å².